The minimum atomic E-state index is -0.986. The van der Waals surface area contributed by atoms with E-state index in [0.717, 1.165) is 0 Å². The summed E-state index contributed by atoms with van der Waals surface area (Å²) in [5, 5.41) is 19.5. The van der Waals surface area contributed by atoms with Gasteiger partial charge in [-0.1, -0.05) is 13.8 Å². The maximum Gasteiger partial charge on any atom is 0.338 e. The van der Waals surface area contributed by atoms with Crippen LogP contribution in [0, 0.1) is 5.92 Å². The second-order valence-electron chi connectivity index (χ2n) is 7.10. The van der Waals surface area contributed by atoms with E-state index >= 15 is 0 Å². The molecule has 2 N–H and O–H groups in total. The largest absolute Gasteiger partial charge is 0.459 e. The van der Waals surface area contributed by atoms with Gasteiger partial charge in [0.05, 0.1) is 36.5 Å². The summed E-state index contributed by atoms with van der Waals surface area (Å²) in [6.07, 6.45) is -1.18. The zero-order valence-electron chi connectivity index (χ0n) is 16.4. The number of aliphatic hydroxyl groups is 2. The number of hydrogen-bond acceptors (Lipinski definition) is 7. The quantitative estimate of drug-likeness (QED) is 0.566. The summed E-state index contributed by atoms with van der Waals surface area (Å²) < 4.78 is 15.3. The number of benzene rings is 1. The standard InChI is InChI=1S/C20H30O7/c1-13(2)9-17(21)10-25-11-18(22)12-26-19(23)15-5-7-16(8-6-15)20(24)27-14(3)4/h5-8,13-14,17-18,21-22H,9-12H2,1-4H3. The molecule has 0 amide bonds. The van der Waals surface area contributed by atoms with Crippen molar-refractivity contribution in [1.29, 1.82) is 0 Å². The SMILES string of the molecule is CC(C)CC(O)COCC(O)COC(=O)c1ccc(C(=O)OC(C)C)cc1. The van der Waals surface area contributed by atoms with Crippen LogP contribution in [-0.4, -0.2) is 60.3 Å². The van der Waals surface area contributed by atoms with Gasteiger partial charge >= 0.3 is 11.9 Å². The lowest BCUT2D eigenvalue weighted by molar-refractivity contribution is -0.0349. The van der Waals surface area contributed by atoms with Crippen LogP contribution in [0.1, 0.15) is 54.8 Å². The van der Waals surface area contributed by atoms with E-state index in [0.29, 0.717) is 17.9 Å². The monoisotopic (exact) mass is 382 g/mol. The topological polar surface area (TPSA) is 102 Å². The van der Waals surface area contributed by atoms with Crippen LogP contribution in [0.15, 0.2) is 24.3 Å². The molecule has 1 aromatic rings. The Hall–Kier alpha value is -1.96. The number of hydrogen-bond donors (Lipinski definition) is 2. The third-order valence-electron chi connectivity index (χ3n) is 3.47. The molecule has 2 atom stereocenters. The van der Waals surface area contributed by atoms with Gasteiger partial charge in [-0.25, -0.2) is 9.59 Å². The highest BCUT2D eigenvalue weighted by atomic mass is 16.6. The molecular formula is C20H30O7. The molecule has 7 nitrogen and oxygen atoms in total. The molecule has 0 saturated carbocycles. The van der Waals surface area contributed by atoms with Gasteiger partial charge in [-0.05, 0) is 50.5 Å². The van der Waals surface area contributed by atoms with Crippen molar-refractivity contribution in [2.75, 3.05) is 19.8 Å². The number of aliphatic hydroxyl groups excluding tert-OH is 2. The lowest BCUT2D eigenvalue weighted by atomic mass is 10.1. The molecule has 0 aliphatic heterocycles. The average Bonchev–Trinajstić information content (AvgIpc) is 2.58. The molecule has 0 aromatic heterocycles. The molecule has 0 spiro atoms. The Labute approximate surface area is 160 Å². The van der Waals surface area contributed by atoms with Crippen LogP contribution in [0.3, 0.4) is 0 Å². The Kier molecular flexibility index (Phi) is 9.99. The maximum absolute atomic E-state index is 12.0. The van der Waals surface area contributed by atoms with E-state index < -0.39 is 24.1 Å². The first-order valence-electron chi connectivity index (χ1n) is 9.11. The molecule has 27 heavy (non-hydrogen) atoms. The van der Waals surface area contributed by atoms with E-state index in [1.54, 1.807) is 13.8 Å². The third-order valence-corrected chi connectivity index (χ3v) is 3.47. The lowest BCUT2D eigenvalue weighted by Crippen LogP contribution is -2.26. The Morgan fingerprint density at radius 1 is 0.852 bits per heavy atom. The van der Waals surface area contributed by atoms with Crippen molar-refractivity contribution in [3.05, 3.63) is 35.4 Å². The highest BCUT2D eigenvalue weighted by molar-refractivity contribution is 5.93. The number of ether oxygens (including phenoxy) is 3. The van der Waals surface area contributed by atoms with Crippen LogP contribution in [0.4, 0.5) is 0 Å². The normalized spacial score (nSPS) is 13.5. The first kappa shape index (κ1) is 23.1. The van der Waals surface area contributed by atoms with Crippen molar-refractivity contribution in [2.45, 2.75) is 52.4 Å². The number of esters is 2. The Morgan fingerprint density at radius 2 is 1.37 bits per heavy atom. The molecule has 0 aliphatic carbocycles. The number of rotatable bonds is 11. The van der Waals surface area contributed by atoms with Crippen molar-refractivity contribution < 1.29 is 34.0 Å². The van der Waals surface area contributed by atoms with E-state index in [1.807, 2.05) is 13.8 Å². The lowest BCUT2D eigenvalue weighted by Gasteiger charge is -2.15. The fraction of sp³-hybridized carbons (Fsp3) is 0.600. The van der Waals surface area contributed by atoms with Crippen LogP contribution >= 0.6 is 0 Å². The Bertz CT molecular complexity index is 580. The average molecular weight is 382 g/mol. The Morgan fingerprint density at radius 3 is 1.89 bits per heavy atom. The zero-order valence-corrected chi connectivity index (χ0v) is 16.4. The van der Waals surface area contributed by atoms with Crippen molar-refractivity contribution in [3.63, 3.8) is 0 Å². The minimum Gasteiger partial charge on any atom is -0.459 e. The summed E-state index contributed by atoms with van der Waals surface area (Å²) in [6.45, 7) is 7.36. The maximum atomic E-state index is 12.0. The molecule has 0 heterocycles. The van der Waals surface area contributed by atoms with E-state index in [-0.39, 0.29) is 31.5 Å². The van der Waals surface area contributed by atoms with E-state index in [2.05, 4.69) is 0 Å². The van der Waals surface area contributed by atoms with E-state index in [4.69, 9.17) is 14.2 Å². The molecule has 1 rings (SSSR count). The van der Waals surface area contributed by atoms with Gasteiger partial charge in [-0.2, -0.15) is 0 Å². The van der Waals surface area contributed by atoms with Crippen LogP contribution in [0.25, 0.3) is 0 Å². The molecule has 152 valence electrons. The third kappa shape index (κ3) is 9.51. The molecule has 7 heteroatoms. The fourth-order valence-electron chi connectivity index (χ4n) is 2.28. The van der Waals surface area contributed by atoms with Crippen molar-refractivity contribution in [3.8, 4) is 0 Å². The van der Waals surface area contributed by atoms with Gasteiger partial charge in [-0.15, -0.1) is 0 Å². The molecule has 0 fully saturated rings. The molecule has 0 saturated heterocycles. The van der Waals surface area contributed by atoms with Crippen molar-refractivity contribution >= 4 is 11.9 Å². The van der Waals surface area contributed by atoms with Crippen molar-refractivity contribution in [2.24, 2.45) is 5.92 Å². The first-order valence-corrected chi connectivity index (χ1v) is 9.11. The van der Waals surface area contributed by atoms with Gasteiger partial charge in [0.15, 0.2) is 0 Å². The molecule has 0 aliphatic rings. The van der Waals surface area contributed by atoms with Gasteiger partial charge in [0, 0.05) is 0 Å². The molecule has 1 aromatic carbocycles. The fourth-order valence-corrected chi connectivity index (χ4v) is 2.28. The summed E-state index contributed by atoms with van der Waals surface area (Å²) in [5.74, 6) is -0.720. The van der Waals surface area contributed by atoms with Crippen molar-refractivity contribution in [1.82, 2.24) is 0 Å². The summed E-state index contributed by atoms with van der Waals surface area (Å²) in [4.78, 5) is 23.7. The summed E-state index contributed by atoms with van der Waals surface area (Å²) in [7, 11) is 0. The number of carbonyl (C=O) groups excluding carboxylic acids is 2. The predicted octanol–water partition coefficient (Wildman–Crippen LogP) is 2.19. The van der Waals surface area contributed by atoms with Gasteiger partial charge in [0.1, 0.15) is 12.7 Å². The van der Waals surface area contributed by atoms with Gasteiger partial charge in [-0.3, -0.25) is 0 Å². The number of carbonyl (C=O) groups is 2. The van der Waals surface area contributed by atoms with Crippen LogP contribution in [0.2, 0.25) is 0 Å². The van der Waals surface area contributed by atoms with Crippen LogP contribution in [0.5, 0.6) is 0 Å². The second-order valence-corrected chi connectivity index (χ2v) is 7.10. The van der Waals surface area contributed by atoms with E-state index in [9.17, 15) is 19.8 Å². The highest BCUT2D eigenvalue weighted by Gasteiger charge is 2.14. The first-order chi connectivity index (χ1) is 12.7. The highest BCUT2D eigenvalue weighted by Crippen LogP contribution is 2.09. The molecule has 0 radical (unpaired) electrons. The predicted molar refractivity (Wildman–Crippen MR) is 99.6 cm³/mol. The van der Waals surface area contributed by atoms with Gasteiger partial charge < -0.3 is 24.4 Å². The van der Waals surface area contributed by atoms with E-state index in [1.165, 1.54) is 24.3 Å². The molecule has 2 unspecified atom stereocenters. The smallest absolute Gasteiger partial charge is 0.338 e. The summed E-state index contributed by atoms with van der Waals surface area (Å²) in [5.41, 5.74) is 0.602. The van der Waals surface area contributed by atoms with Gasteiger partial charge in [0.2, 0.25) is 0 Å². The zero-order chi connectivity index (χ0) is 20.4. The van der Waals surface area contributed by atoms with Crippen LogP contribution < -0.4 is 0 Å². The van der Waals surface area contributed by atoms with Crippen LogP contribution in [-0.2, 0) is 14.2 Å². The summed E-state index contributed by atoms with van der Waals surface area (Å²) >= 11 is 0. The molecule has 0 bridgehead atoms. The minimum absolute atomic E-state index is 0.0393. The second kappa shape index (κ2) is 11.7. The van der Waals surface area contributed by atoms with Gasteiger partial charge in [0.25, 0.3) is 0 Å². The summed E-state index contributed by atoms with van der Waals surface area (Å²) in [6, 6.07) is 5.89. The molecular weight excluding hydrogens is 352 g/mol. The Balaban J connectivity index is 2.36.